The lowest BCUT2D eigenvalue weighted by atomic mass is 10.2. The minimum Gasteiger partial charge on any atom is -0.366 e. The number of aryl methyl sites for hydroxylation is 1. The van der Waals surface area contributed by atoms with E-state index in [0.717, 1.165) is 0 Å². The van der Waals surface area contributed by atoms with E-state index in [0.29, 0.717) is 11.3 Å². The minimum atomic E-state index is -3.75. The van der Waals surface area contributed by atoms with Crippen molar-refractivity contribution in [3.63, 3.8) is 0 Å². The molecule has 0 atom stereocenters. The van der Waals surface area contributed by atoms with Crippen molar-refractivity contribution in [3.05, 3.63) is 23.8 Å². The molecule has 0 aliphatic heterocycles. The van der Waals surface area contributed by atoms with Crippen LogP contribution in [0, 0.1) is 6.92 Å². The molecule has 20 heavy (non-hydrogen) atoms. The van der Waals surface area contributed by atoms with Crippen LogP contribution >= 0.6 is 0 Å². The van der Waals surface area contributed by atoms with Crippen molar-refractivity contribution in [1.29, 1.82) is 0 Å². The van der Waals surface area contributed by atoms with E-state index in [4.69, 9.17) is 9.88 Å². The largest absolute Gasteiger partial charge is 0.366 e. The van der Waals surface area contributed by atoms with Crippen molar-refractivity contribution in [1.82, 2.24) is 0 Å². The molecule has 112 valence electrons. The molecular formula is C13H20N2O4S. The fourth-order valence-electron chi connectivity index (χ4n) is 1.53. The summed E-state index contributed by atoms with van der Waals surface area (Å²) in [7, 11) is -3.75. The molecule has 0 aromatic heterocycles. The molecule has 0 aliphatic carbocycles. The molecule has 0 aliphatic rings. The molecule has 0 heterocycles. The smallest absolute Gasteiger partial charge is 0.250 e. The highest BCUT2D eigenvalue weighted by atomic mass is 32.2. The zero-order valence-corrected chi connectivity index (χ0v) is 12.9. The fraction of sp³-hybridized carbons (Fsp3) is 0.462. The molecule has 1 amide bonds. The zero-order chi connectivity index (χ0) is 15.6. The minimum absolute atomic E-state index is 0.0430. The third kappa shape index (κ3) is 5.28. The van der Waals surface area contributed by atoms with Gasteiger partial charge in [0.15, 0.2) is 0 Å². The molecule has 0 spiro atoms. The Balaban J connectivity index is 2.76. The quantitative estimate of drug-likeness (QED) is 0.878. The number of primary sulfonamides is 1. The number of anilines is 1. The van der Waals surface area contributed by atoms with Crippen LogP contribution in [-0.4, -0.2) is 26.5 Å². The van der Waals surface area contributed by atoms with Crippen molar-refractivity contribution in [2.45, 2.75) is 38.2 Å². The van der Waals surface area contributed by atoms with Crippen LogP contribution in [0.1, 0.15) is 26.3 Å². The van der Waals surface area contributed by atoms with Crippen LogP contribution in [0.2, 0.25) is 0 Å². The maximum absolute atomic E-state index is 11.7. The first-order chi connectivity index (χ1) is 8.99. The second-order valence-electron chi connectivity index (χ2n) is 5.47. The predicted molar refractivity (Wildman–Crippen MR) is 76.9 cm³/mol. The number of sulfonamides is 1. The lowest BCUT2D eigenvalue weighted by Gasteiger charge is -2.19. The number of amides is 1. The SMILES string of the molecule is Cc1cc(NC(=O)COC(C)(C)C)ccc1S(N)(=O)=O. The molecular weight excluding hydrogens is 280 g/mol. The number of ether oxygens (including phenoxy) is 1. The summed E-state index contributed by atoms with van der Waals surface area (Å²) < 4.78 is 27.9. The Morgan fingerprint density at radius 2 is 1.95 bits per heavy atom. The highest BCUT2D eigenvalue weighted by molar-refractivity contribution is 7.89. The summed E-state index contributed by atoms with van der Waals surface area (Å²) in [6, 6.07) is 4.40. The van der Waals surface area contributed by atoms with Crippen molar-refractivity contribution in [3.8, 4) is 0 Å². The number of hydrogen-bond acceptors (Lipinski definition) is 4. The van der Waals surface area contributed by atoms with Gasteiger partial charge >= 0.3 is 0 Å². The average molecular weight is 300 g/mol. The van der Waals surface area contributed by atoms with Gasteiger partial charge < -0.3 is 10.1 Å². The van der Waals surface area contributed by atoms with Crippen LogP contribution in [-0.2, 0) is 19.6 Å². The summed E-state index contributed by atoms with van der Waals surface area (Å²) in [5.74, 6) is -0.303. The molecule has 0 unspecified atom stereocenters. The van der Waals surface area contributed by atoms with E-state index in [-0.39, 0.29) is 17.4 Å². The summed E-state index contributed by atoms with van der Waals surface area (Å²) in [5, 5.41) is 7.70. The number of carbonyl (C=O) groups excluding carboxylic acids is 1. The number of nitrogens with two attached hydrogens (primary N) is 1. The van der Waals surface area contributed by atoms with Gasteiger partial charge in [0.05, 0.1) is 10.5 Å². The van der Waals surface area contributed by atoms with Gasteiger partial charge in [-0.25, -0.2) is 13.6 Å². The topological polar surface area (TPSA) is 98.5 Å². The highest BCUT2D eigenvalue weighted by Gasteiger charge is 2.14. The Labute approximate surface area is 119 Å². The fourth-order valence-corrected chi connectivity index (χ4v) is 2.29. The molecule has 1 aromatic carbocycles. The van der Waals surface area contributed by atoms with Crippen molar-refractivity contribution in [2.75, 3.05) is 11.9 Å². The van der Waals surface area contributed by atoms with Gasteiger partial charge in [0.25, 0.3) is 0 Å². The third-order valence-electron chi connectivity index (χ3n) is 2.40. The lowest BCUT2D eigenvalue weighted by Crippen LogP contribution is -2.27. The third-order valence-corrected chi connectivity index (χ3v) is 3.47. The number of carbonyl (C=O) groups is 1. The van der Waals surface area contributed by atoms with E-state index < -0.39 is 15.6 Å². The van der Waals surface area contributed by atoms with E-state index in [9.17, 15) is 13.2 Å². The summed E-state index contributed by atoms with van der Waals surface area (Å²) in [6.07, 6.45) is 0. The molecule has 0 saturated heterocycles. The summed E-state index contributed by atoms with van der Waals surface area (Å²) in [5.41, 5.74) is 0.574. The van der Waals surface area contributed by atoms with E-state index in [2.05, 4.69) is 5.32 Å². The van der Waals surface area contributed by atoms with Gasteiger partial charge in [-0.1, -0.05) is 0 Å². The van der Waals surface area contributed by atoms with Crippen LogP contribution in [0.5, 0.6) is 0 Å². The Kier molecular flexibility index (Phi) is 4.90. The first-order valence-corrected chi connectivity index (χ1v) is 7.61. The molecule has 0 fully saturated rings. The summed E-state index contributed by atoms with van der Waals surface area (Å²) in [4.78, 5) is 11.7. The van der Waals surface area contributed by atoms with Gasteiger partial charge in [-0.3, -0.25) is 4.79 Å². The van der Waals surface area contributed by atoms with Crippen LogP contribution in [0.4, 0.5) is 5.69 Å². The van der Waals surface area contributed by atoms with Crippen molar-refractivity contribution < 1.29 is 17.9 Å². The van der Waals surface area contributed by atoms with E-state index in [1.165, 1.54) is 12.1 Å². The molecule has 7 heteroatoms. The number of benzene rings is 1. The molecule has 1 aromatic rings. The predicted octanol–water partition coefficient (Wildman–Crippen LogP) is 1.40. The van der Waals surface area contributed by atoms with Gasteiger partial charge in [-0.15, -0.1) is 0 Å². The average Bonchev–Trinajstić information content (AvgIpc) is 2.23. The Morgan fingerprint density at radius 1 is 1.35 bits per heavy atom. The molecule has 0 bridgehead atoms. The lowest BCUT2D eigenvalue weighted by molar-refractivity contribution is -0.125. The van der Waals surface area contributed by atoms with Gasteiger partial charge in [-0.2, -0.15) is 0 Å². The maximum atomic E-state index is 11.7. The second kappa shape index (κ2) is 5.90. The number of hydrogen-bond donors (Lipinski definition) is 2. The summed E-state index contributed by atoms with van der Waals surface area (Å²) >= 11 is 0. The zero-order valence-electron chi connectivity index (χ0n) is 12.1. The van der Waals surface area contributed by atoms with Crippen molar-refractivity contribution >= 4 is 21.6 Å². The first kappa shape index (κ1) is 16.6. The Morgan fingerprint density at radius 3 is 2.40 bits per heavy atom. The van der Waals surface area contributed by atoms with Gasteiger partial charge in [0, 0.05) is 5.69 Å². The Bertz CT molecular complexity index is 603. The molecule has 0 saturated carbocycles. The first-order valence-electron chi connectivity index (χ1n) is 6.06. The molecule has 6 nitrogen and oxygen atoms in total. The second-order valence-corrected chi connectivity index (χ2v) is 7.00. The standard InChI is InChI=1S/C13H20N2O4S/c1-9-7-10(5-6-11(9)20(14,17)18)15-12(16)8-19-13(2,3)4/h5-7H,8H2,1-4H3,(H,15,16)(H2,14,17,18). The van der Waals surface area contributed by atoms with E-state index >= 15 is 0 Å². The molecule has 1 rings (SSSR count). The van der Waals surface area contributed by atoms with Crippen LogP contribution in [0.3, 0.4) is 0 Å². The number of nitrogens with one attached hydrogen (secondary N) is 1. The monoisotopic (exact) mass is 300 g/mol. The Hall–Kier alpha value is -1.44. The molecule has 0 radical (unpaired) electrons. The molecule has 3 N–H and O–H groups in total. The maximum Gasteiger partial charge on any atom is 0.250 e. The highest BCUT2D eigenvalue weighted by Crippen LogP contribution is 2.18. The number of rotatable bonds is 4. The van der Waals surface area contributed by atoms with Crippen LogP contribution in [0.25, 0.3) is 0 Å². The van der Waals surface area contributed by atoms with Crippen LogP contribution < -0.4 is 10.5 Å². The van der Waals surface area contributed by atoms with Gasteiger partial charge in [0.1, 0.15) is 6.61 Å². The summed E-state index contributed by atoms with van der Waals surface area (Å²) in [6.45, 7) is 7.10. The normalized spacial score (nSPS) is 12.2. The van der Waals surface area contributed by atoms with Crippen molar-refractivity contribution in [2.24, 2.45) is 5.14 Å². The van der Waals surface area contributed by atoms with E-state index in [1.807, 2.05) is 20.8 Å². The van der Waals surface area contributed by atoms with Gasteiger partial charge in [-0.05, 0) is 51.5 Å². The van der Waals surface area contributed by atoms with Gasteiger partial charge in [0.2, 0.25) is 15.9 Å². The van der Waals surface area contributed by atoms with E-state index in [1.54, 1.807) is 13.0 Å². The van der Waals surface area contributed by atoms with Crippen LogP contribution in [0.15, 0.2) is 23.1 Å².